The lowest BCUT2D eigenvalue weighted by Gasteiger charge is -2.22. The highest BCUT2D eigenvalue weighted by molar-refractivity contribution is 5.86. The van der Waals surface area contributed by atoms with Crippen molar-refractivity contribution in [2.75, 3.05) is 26.8 Å². The van der Waals surface area contributed by atoms with Crippen LogP contribution in [0.4, 0.5) is 0 Å². The molecule has 4 aromatic rings. The largest absolute Gasteiger partial charge is 0.492 e. The summed E-state index contributed by atoms with van der Waals surface area (Å²) in [4.78, 5) is 30.6. The molecule has 0 atom stereocenters. The number of carbonyl (C=O) groups is 2. The second-order valence-corrected chi connectivity index (χ2v) is 10.6. The predicted octanol–water partition coefficient (Wildman–Crippen LogP) is 6.47. The van der Waals surface area contributed by atoms with Gasteiger partial charge in [-0.05, 0) is 59.5 Å². The lowest BCUT2D eigenvalue weighted by atomic mass is 10.1. The van der Waals surface area contributed by atoms with Crippen molar-refractivity contribution < 1.29 is 19.1 Å². The van der Waals surface area contributed by atoms with Crippen molar-refractivity contribution in [2.45, 2.75) is 39.3 Å². The molecule has 1 heterocycles. The average molecular weight is 592 g/mol. The van der Waals surface area contributed by atoms with E-state index in [0.717, 1.165) is 66.2 Å². The van der Waals surface area contributed by atoms with Gasteiger partial charge >= 0.3 is 5.97 Å². The maximum absolute atomic E-state index is 12.3. The van der Waals surface area contributed by atoms with Crippen molar-refractivity contribution in [2.24, 2.45) is 0 Å². The Labute approximate surface area is 260 Å². The SMILES string of the molecule is CCCCN(CCOc1ccc(-c2ccc(CC(=O)NCc3ccccc3)nc2)cc1)Cc1ccc(/C=C/C(=O)OC)cc1. The van der Waals surface area contributed by atoms with Crippen LogP contribution in [0.2, 0.25) is 0 Å². The van der Waals surface area contributed by atoms with E-state index < -0.39 is 0 Å². The Hall–Kier alpha value is -4.75. The highest BCUT2D eigenvalue weighted by Gasteiger charge is 2.08. The van der Waals surface area contributed by atoms with Gasteiger partial charge in [0, 0.05) is 43.2 Å². The van der Waals surface area contributed by atoms with Crippen LogP contribution >= 0.6 is 0 Å². The van der Waals surface area contributed by atoms with E-state index in [1.54, 1.807) is 6.08 Å². The zero-order valence-corrected chi connectivity index (χ0v) is 25.6. The molecule has 0 radical (unpaired) electrons. The molecular weight excluding hydrogens is 550 g/mol. The third kappa shape index (κ3) is 10.8. The molecule has 0 aliphatic carbocycles. The average Bonchev–Trinajstić information content (AvgIpc) is 3.07. The molecule has 0 saturated heterocycles. The number of rotatable bonds is 16. The summed E-state index contributed by atoms with van der Waals surface area (Å²) in [6.45, 7) is 5.95. The monoisotopic (exact) mass is 591 g/mol. The first-order valence-electron chi connectivity index (χ1n) is 15.1. The lowest BCUT2D eigenvalue weighted by Crippen LogP contribution is -2.29. The van der Waals surface area contributed by atoms with Gasteiger partial charge in [0.1, 0.15) is 12.4 Å². The summed E-state index contributed by atoms with van der Waals surface area (Å²) in [7, 11) is 1.37. The van der Waals surface area contributed by atoms with Crippen LogP contribution in [0, 0.1) is 0 Å². The minimum absolute atomic E-state index is 0.0494. The topological polar surface area (TPSA) is 80.8 Å². The zero-order chi connectivity index (χ0) is 31.0. The van der Waals surface area contributed by atoms with Crippen molar-refractivity contribution in [3.8, 4) is 16.9 Å². The van der Waals surface area contributed by atoms with Gasteiger partial charge in [0.15, 0.2) is 0 Å². The number of aromatic nitrogens is 1. The van der Waals surface area contributed by atoms with Gasteiger partial charge in [-0.3, -0.25) is 14.7 Å². The van der Waals surface area contributed by atoms with E-state index in [1.165, 1.54) is 18.7 Å². The molecule has 3 aromatic carbocycles. The highest BCUT2D eigenvalue weighted by atomic mass is 16.5. The van der Waals surface area contributed by atoms with Gasteiger partial charge < -0.3 is 14.8 Å². The highest BCUT2D eigenvalue weighted by Crippen LogP contribution is 2.22. The van der Waals surface area contributed by atoms with Crippen LogP contribution in [-0.4, -0.2) is 48.6 Å². The summed E-state index contributed by atoms with van der Waals surface area (Å²) in [5, 5.41) is 2.95. The van der Waals surface area contributed by atoms with Gasteiger partial charge in [-0.2, -0.15) is 0 Å². The zero-order valence-electron chi connectivity index (χ0n) is 25.6. The minimum atomic E-state index is -0.363. The second-order valence-electron chi connectivity index (χ2n) is 10.6. The first-order valence-corrected chi connectivity index (χ1v) is 15.1. The smallest absolute Gasteiger partial charge is 0.330 e. The van der Waals surface area contributed by atoms with Gasteiger partial charge in [-0.1, -0.05) is 86.1 Å². The summed E-state index contributed by atoms with van der Waals surface area (Å²) in [6.07, 6.45) is 7.49. The number of methoxy groups -OCH3 is 1. The van der Waals surface area contributed by atoms with Crippen LogP contribution in [-0.2, 0) is 33.8 Å². The van der Waals surface area contributed by atoms with E-state index in [9.17, 15) is 9.59 Å². The van der Waals surface area contributed by atoms with Crippen molar-refractivity contribution in [3.05, 3.63) is 126 Å². The van der Waals surface area contributed by atoms with E-state index in [0.29, 0.717) is 13.2 Å². The Morgan fingerprint density at radius 3 is 2.30 bits per heavy atom. The van der Waals surface area contributed by atoms with E-state index in [-0.39, 0.29) is 18.3 Å². The molecule has 0 aliphatic rings. The number of nitrogens with zero attached hydrogens (tertiary/aromatic N) is 2. The maximum atomic E-state index is 12.3. The third-order valence-corrected chi connectivity index (χ3v) is 7.19. The van der Waals surface area contributed by atoms with Gasteiger partial charge in [0.2, 0.25) is 5.91 Å². The minimum Gasteiger partial charge on any atom is -0.492 e. The summed E-state index contributed by atoms with van der Waals surface area (Å²) in [5.74, 6) is 0.412. The molecule has 7 nitrogen and oxygen atoms in total. The molecule has 1 aromatic heterocycles. The molecule has 0 fully saturated rings. The Balaban J connectivity index is 1.23. The lowest BCUT2D eigenvalue weighted by molar-refractivity contribution is -0.134. The van der Waals surface area contributed by atoms with Gasteiger partial charge in [0.25, 0.3) is 0 Å². The summed E-state index contributed by atoms with van der Waals surface area (Å²) >= 11 is 0. The van der Waals surface area contributed by atoms with Crippen LogP contribution in [0.15, 0.2) is 103 Å². The first kappa shape index (κ1) is 32.2. The molecule has 44 heavy (non-hydrogen) atoms. The number of hydrogen-bond donors (Lipinski definition) is 1. The molecule has 0 bridgehead atoms. The quantitative estimate of drug-likeness (QED) is 0.119. The number of pyridine rings is 1. The maximum Gasteiger partial charge on any atom is 0.330 e. The van der Waals surface area contributed by atoms with Crippen LogP contribution in [0.1, 0.15) is 42.1 Å². The van der Waals surface area contributed by atoms with Crippen molar-refractivity contribution in [1.82, 2.24) is 15.2 Å². The molecule has 4 rings (SSSR count). The van der Waals surface area contributed by atoms with E-state index >= 15 is 0 Å². The Kier molecular flexibility index (Phi) is 12.7. The molecule has 1 amide bonds. The number of ether oxygens (including phenoxy) is 2. The Morgan fingerprint density at radius 1 is 0.864 bits per heavy atom. The number of nitrogens with one attached hydrogen (secondary N) is 1. The third-order valence-electron chi connectivity index (χ3n) is 7.19. The van der Waals surface area contributed by atoms with Crippen molar-refractivity contribution >= 4 is 18.0 Å². The number of amides is 1. The van der Waals surface area contributed by atoms with Crippen LogP contribution in [0.5, 0.6) is 5.75 Å². The number of carbonyl (C=O) groups excluding carboxylic acids is 2. The molecular formula is C37H41N3O4. The van der Waals surface area contributed by atoms with Crippen LogP contribution < -0.4 is 10.1 Å². The van der Waals surface area contributed by atoms with Gasteiger partial charge in [-0.25, -0.2) is 4.79 Å². The standard InChI is InChI=1S/C37H41N3O4/c1-3-4-22-40(28-31-12-10-29(11-13-31)14-21-37(42)43-2)23-24-44-35-19-16-32(17-20-35)33-15-18-34(38-27-33)25-36(41)39-26-30-8-6-5-7-9-30/h5-21,27H,3-4,22-26,28H2,1-2H3,(H,39,41)/b21-14+. The van der Waals surface area contributed by atoms with Gasteiger partial charge in [0.05, 0.1) is 13.5 Å². The van der Waals surface area contributed by atoms with E-state index in [2.05, 4.69) is 39.0 Å². The Bertz CT molecular complexity index is 1470. The fourth-order valence-corrected chi connectivity index (χ4v) is 4.64. The molecule has 0 spiro atoms. The normalized spacial score (nSPS) is 11.1. The predicted molar refractivity (Wildman–Crippen MR) is 175 cm³/mol. The van der Waals surface area contributed by atoms with Crippen molar-refractivity contribution in [1.29, 1.82) is 0 Å². The Morgan fingerprint density at radius 2 is 1.61 bits per heavy atom. The molecule has 7 heteroatoms. The van der Waals surface area contributed by atoms with E-state index in [4.69, 9.17) is 4.74 Å². The fraction of sp³-hybridized carbons (Fsp3) is 0.270. The molecule has 0 unspecified atom stereocenters. The molecule has 1 N–H and O–H groups in total. The van der Waals surface area contributed by atoms with Crippen LogP contribution in [0.25, 0.3) is 17.2 Å². The fourth-order valence-electron chi connectivity index (χ4n) is 4.64. The number of benzene rings is 3. The van der Waals surface area contributed by atoms with Crippen LogP contribution in [0.3, 0.4) is 0 Å². The molecule has 0 aliphatic heterocycles. The summed E-state index contributed by atoms with van der Waals surface area (Å²) in [6, 6.07) is 30.0. The second kappa shape index (κ2) is 17.4. The summed E-state index contributed by atoms with van der Waals surface area (Å²) < 4.78 is 10.7. The van der Waals surface area contributed by atoms with Crippen molar-refractivity contribution in [3.63, 3.8) is 0 Å². The number of unbranched alkanes of at least 4 members (excludes halogenated alkanes) is 1. The van der Waals surface area contributed by atoms with Gasteiger partial charge in [-0.15, -0.1) is 0 Å². The first-order chi connectivity index (χ1) is 21.5. The molecule has 0 saturated carbocycles. The molecule has 228 valence electrons. The number of esters is 1. The summed E-state index contributed by atoms with van der Waals surface area (Å²) in [5.41, 5.74) is 6.01. The number of hydrogen-bond acceptors (Lipinski definition) is 6. The van der Waals surface area contributed by atoms with E-state index in [1.807, 2.05) is 85.1 Å².